The second kappa shape index (κ2) is 5.99. The van der Waals surface area contributed by atoms with E-state index in [0.717, 1.165) is 18.4 Å². The van der Waals surface area contributed by atoms with E-state index in [4.69, 9.17) is 0 Å². The molecule has 1 fully saturated rings. The molecule has 0 bridgehead atoms. The monoisotopic (exact) mass is 371 g/mol. The molecule has 4 rings (SSSR count). The van der Waals surface area contributed by atoms with Gasteiger partial charge < -0.3 is 0 Å². The highest BCUT2D eigenvalue weighted by molar-refractivity contribution is 7.98. The van der Waals surface area contributed by atoms with Crippen LogP contribution in [0.25, 0.3) is 11.1 Å². The Bertz CT molecular complexity index is 938. The molecule has 1 saturated carbocycles. The Morgan fingerprint density at radius 3 is 2.04 bits per heavy atom. The topological polar surface area (TPSA) is 47.0 Å². The van der Waals surface area contributed by atoms with Gasteiger partial charge in [-0.15, -0.1) is 11.8 Å². The van der Waals surface area contributed by atoms with Gasteiger partial charge in [0, 0.05) is 17.3 Å². The number of hydrogen-bond donors (Lipinski definition) is 0. The normalized spacial score (nSPS) is 18.8. The van der Waals surface area contributed by atoms with Crippen molar-refractivity contribution in [3.8, 4) is 0 Å². The third kappa shape index (κ3) is 3.27. The number of hydrogen-bond acceptors (Lipinski definition) is 4. The van der Waals surface area contributed by atoms with E-state index in [1.54, 1.807) is 24.0 Å². The molecular formula is C20H21NO2S2. The summed E-state index contributed by atoms with van der Waals surface area (Å²) in [5.41, 5.74) is 5.52. The van der Waals surface area contributed by atoms with Gasteiger partial charge in [0.1, 0.15) is 0 Å². The smallest absolute Gasteiger partial charge is 0.192 e. The number of nitrogens with zero attached hydrogens (tertiary/aromatic N) is 1. The van der Waals surface area contributed by atoms with Gasteiger partial charge in [-0.2, -0.15) is 0 Å². The number of pyridine rings is 1. The highest BCUT2D eigenvalue weighted by Crippen LogP contribution is 2.63. The summed E-state index contributed by atoms with van der Waals surface area (Å²) in [5.74, 6) is 0. The standard InChI is InChI=1S/C20H21NO2S2/c1-24-16-6-3-14(4-7-16)17-11-20(9-10-20)12-18(17)15-5-8-19(21-13-15)25(2,22)23/h3-8,13H,9-12H2,1-2H3. The maximum atomic E-state index is 11.6. The average molecular weight is 372 g/mol. The van der Waals surface area contributed by atoms with E-state index in [-0.39, 0.29) is 5.03 Å². The van der Waals surface area contributed by atoms with Crippen LogP contribution < -0.4 is 0 Å². The molecule has 0 N–H and O–H groups in total. The van der Waals surface area contributed by atoms with Crippen molar-refractivity contribution < 1.29 is 8.42 Å². The summed E-state index contributed by atoms with van der Waals surface area (Å²) in [5, 5.41) is 0.141. The molecule has 0 atom stereocenters. The fraction of sp³-hybridized carbons (Fsp3) is 0.350. The van der Waals surface area contributed by atoms with Gasteiger partial charge >= 0.3 is 0 Å². The lowest BCUT2D eigenvalue weighted by Gasteiger charge is -2.09. The summed E-state index contributed by atoms with van der Waals surface area (Å²) in [6.07, 6.45) is 9.78. The zero-order valence-corrected chi connectivity index (χ0v) is 16.1. The van der Waals surface area contributed by atoms with Gasteiger partial charge in [-0.05, 0) is 77.8 Å². The van der Waals surface area contributed by atoms with Crippen LogP contribution in [-0.4, -0.2) is 25.9 Å². The Kier molecular flexibility index (Phi) is 4.04. The van der Waals surface area contributed by atoms with E-state index in [2.05, 4.69) is 35.5 Å². The van der Waals surface area contributed by atoms with Crippen molar-refractivity contribution in [1.29, 1.82) is 0 Å². The van der Waals surface area contributed by atoms with Crippen LogP contribution in [0.5, 0.6) is 0 Å². The lowest BCUT2D eigenvalue weighted by atomic mass is 9.98. The molecule has 1 aromatic heterocycles. The maximum Gasteiger partial charge on any atom is 0.192 e. The lowest BCUT2D eigenvalue weighted by molar-refractivity contribution is 0.568. The minimum absolute atomic E-state index is 0.141. The van der Waals surface area contributed by atoms with E-state index in [1.807, 2.05) is 6.07 Å². The first-order chi connectivity index (χ1) is 11.9. The molecule has 1 heterocycles. The van der Waals surface area contributed by atoms with Crippen LogP contribution in [0.15, 0.2) is 52.5 Å². The van der Waals surface area contributed by atoms with Gasteiger partial charge in [-0.1, -0.05) is 18.2 Å². The molecular weight excluding hydrogens is 350 g/mol. The lowest BCUT2D eigenvalue weighted by Crippen LogP contribution is -2.00. The summed E-state index contributed by atoms with van der Waals surface area (Å²) < 4.78 is 23.3. The Morgan fingerprint density at radius 1 is 0.960 bits per heavy atom. The first kappa shape index (κ1) is 16.9. The van der Waals surface area contributed by atoms with Crippen LogP contribution in [0.3, 0.4) is 0 Å². The molecule has 2 aromatic rings. The molecule has 0 aliphatic heterocycles. The minimum atomic E-state index is -3.26. The first-order valence-corrected chi connectivity index (χ1v) is 11.5. The molecule has 1 aromatic carbocycles. The molecule has 0 unspecified atom stereocenters. The Balaban J connectivity index is 1.75. The van der Waals surface area contributed by atoms with Gasteiger partial charge in [-0.3, -0.25) is 0 Å². The number of rotatable bonds is 4. The van der Waals surface area contributed by atoms with Crippen LogP contribution in [0.4, 0.5) is 0 Å². The molecule has 5 heteroatoms. The maximum absolute atomic E-state index is 11.6. The summed E-state index contributed by atoms with van der Waals surface area (Å²) in [7, 11) is -3.26. The number of thioether (sulfide) groups is 1. The molecule has 3 nitrogen and oxygen atoms in total. The van der Waals surface area contributed by atoms with Gasteiger partial charge in [0.05, 0.1) is 0 Å². The number of aromatic nitrogens is 1. The van der Waals surface area contributed by atoms with Crippen LogP contribution >= 0.6 is 11.8 Å². The van der Waals surface area contributed by atoms with Crippen molar-refractivity contribution in [1.82, 2.24) is 4.98 Å². The third-order valence-electron chi connectivity index (χ3n) is 5.33. The first-order valence-electron chi connectivity index (χ1n) is 8.43. The SMILES string of the molecule is CSc1ccc(C2=C(c3ccc(S(C)(=O)=O)nc3)CC3(CC3)C2)cc1. The van der Waals surface area contributed by atoms with Gasteiger partial charge in [-0.25, -0.2) is 13.4 Å². The zero-order valence-electron chi connectivity index (χ0n) is 14.5. The van der Waals surface area contributed by atoms with Crippen LogP contribution in [0, 0.1) is 5.41 Å². The molecule has 1 spiro atoms. The minimum Gasteiger partial charge on any atom is -0.244 e. The molecule has 0 radical (unpaired) electrons. The van der Waals surface area contributed by atoms with E-state index >= 15 is 0 Å². The molecule has 25 heavy (non-hydrogen) atoms. The number of allylic oxidation sites excluding steroid dienone is 2. The molecule has 0 saturated heterocycles. The Labute approximate surface area is 153 Å². The Hall–Kier alpha value is -1.59. The summed E-state index contributed by atoms with van der Waals surface area (Å²) >= 11 is 1.75. The summed E-state index contributed by atoms with van der Waals surface area (Å²) in [4.78, 5) is 5.46. The molecule has 0 amide bonds. The molecule has 130 valence electrons. The Morgan fingerprint density at radius 2 is 1.56 bits per heavy atom. The highest BCUT2D eigenvalue weighted by atomic mass is 32.2. The predicted molar refractivity (Wildman–Crippen MR) is 103 cm³/mol. The zero-order chi connectivity index (χ0) is 17.7. The van der Waals surface area contributed by atoms with Crippen molar-refractivity contribution in [3.05, 3.63) is 53.7 Å². The average Bonchev–Trinajstić information content (AvgIpc) is 3.25. The quantitative estimate of drug-likeness (QED) is 0.732. The van der Waals surface area contributed by atoms with E-state index < -0.39 is 9.84 Å². The molecule has 2 aliphatic rings. The van der Waals surface area contributed by atoms with E-state index in [9.17, 15) is 8.42 Å². The predicted octanol–water partition coefficient (Wildman–Crippen LogP) is 4.69. The summed E-state index contributed by atoms with van der Waals surface area (Å²) in [6, 6.07) is 12.3. The van der Waals surface area contributed by atoms with Crippen LogP contribution in [0.1, 0.15) is 36.8 Å². The fourth-order valence-corrected chi connectivity index (χ4v) is 4.65. The van der Waals surface area contributed by atoms with E-state index in [1.165, 1.54) is 40.7 Å². The van der Waals surface area contributed by atoms with Gasteiger partial charge in [0.25, 0.3) is 0 Å². The second-order valence-electron chi connectivity index (χ2n) is 7.20. The number of sulfone groups is 1. The van der Waals surface area contributed by atoms with Crippen molar-refractivity contribution >= 4 is 32.7 Å². The van der Waals surface area contributed by atoms with Crippen LogP contribution in [-0.2, 0) is 9.84 Å². The highest BCUT2D eigenvalue weighted by Gasteiger charge is 2.48. The second-order valence-corrected chi connectivity index (χ2v) is 10.0. The number of benzene rings is 1. The van der Waals surface area contributed by atoms with Gasteiger partial charge in [0.15, 0.2) is 14.9 Å². The van der Waals surface area contributed by atoms with Crippen molar-refractivity contribution in [2.75, 3.05) is 12.5 Å². The van der Waals surface area contributed by atoms with Gasteiger partial charge in [0.2, 0.25) is 0 Å². The summed E-state index contributed by atoms with van der Waals surface area (Å²) in [6.45, 7) is 0. The van der Waals surface area contributed by atoms with E-state index in [0.29, 0.717) is 5.41 Å². The fourth-order valence-electron chi connectivity index (χ4n) is 3.68. The third-order valence-corrected chi connectivity index (χ3v) is 7.07. The largest absolute Gasteiger partial charge is 0.244 e. The van der Waals surface area contributed by atoms with Crippen LogP contribution in [0.2, 0.25) is 0 Å². The van der Waals surface area contributed by atoms with Crippen molar-refractivity contribution in [2.45, 2.75) is 35.6 Å². The van der Waals surface area contributed by atoms with Crippen molar-refractivity contribution in [2.24, 2.45) is 5.41 Å². The van der Waals surface area contributed by atoms with Crippen molar-refractivity contribution in [3.63, 3.8) is 0 Å². The molecule has 2 aliphatic carbocycles.